The van der Waals surface area contributed by atoms with Crippen LogP contribution in [0.25, 0.3) is 0 Å². The lowest BCUT2D eigenvalue weighted by molar-refractivity contribution is -0.130. The van der Waals surface area contributed by atoms with Crippen molar-refractivity contribution < 1.29 is 27.4 Å². The monoisotopic (exact) mass is 270 g/mol. The molecule has 0 radical (unpaired) electrons. The predicted molar refractivity (Wildman–Crippen MR) is 59.5 cm³/mol. The number of hydrogen-bond acceptors (Lipinski definition) is 6. The Hall–Kier alpha value is -0.900. The van der Waals surface area contributed by atoms with Crippen molar-refractivity contribution >= 4 is 16.3 Å². The van der Waals surface area contributed by atoms with Crippen molar-refractivity contribution in [2.75, 3.05) is 26.9 Å². The second-order valence-corrected chi connectivity index (χ2v) is 4.29. The topological polar surface area (TPSA) is 103 Å². The Kier molecular flexibility index (Phi) is 7.79. The molecule has 0 aliphatic carbocycles. The Morgan fingerprint density at radius 2 is 1.76 bits per heavy atom. The summed E-state index contributed by atoms with van der Waals surface area (Å²) in [7, 11) is -2.90. The van der Waals surface area contributed by atoms with Crippen LogP contribution in [-0.2, 0) is 24.4 Å². The molecule has 0 spiro atoms. The third kappa shape index (κ3) is 7.91. The summed E-state index contributed by atoms with van der Waals surface area (Å²) in [5.74, 6) is 0. The van der Waals surface area contributed by atoms with Crippen LogP contribution in [0.15, 0.2) is 0 Å². The van der Waals surface area contributed by atoms with E-state index in [-0.39, 0.29) is 6.54 Å². The van der Waals surface area contributed by atoms with Crippen LogP contribution in [0.3, 0.4) is 0 Å². The minimum atomic E-state index is -3.96. The first-order valence-electron chi connectivity index (χ1n) is 5.03. The first-order chi connectivity index (χ1) is 7.95. The minimum Gasteiger partial charge on any atom is -0.452 e. The van der Waals surface area contributed by atoms with Crippen molar-refractivity contribution in [3.63, 3.8) is 0 Å². The van der Waals surface area contributed by atoms with Gasteiger partial charge in [-0.05, 0) is 13.8 Å². The highest BCUT2D eigenvalue weighted by atomic mass is 32.2. The van der Waals surface area contributed by atoms with Gasteiger partial charge in [0.1, 0.15) is 0 Å². The van der Waals surface area contributed by atoms with E-state index in [2.05, 4.69) is 9.46 Å². The highest BCUT2D eigenvalue weighted by Gasteiger charge is 2.17. The van der Waals surface area contributed by atoms with Gasteiger partial charge in [-0.25, -0.2) is 9.52 Å². The number of rotatable bonds is 8. The molecule has 0 bridgehead atoms. The first-order valence-corrected chi connectivity index (χ1v) is 6.52. The number of ether oxygens (including phenoxy) is 3. The molecule has 0 rings (SSSR count). The molecule has 0 saturated carbocycles. The molecule has 1 amide bonds. The third-order valence-corrected chi connectivity index (χ3v) is 2.53. The summed E-state index contributed by atoms with van der Waals surface area (Å²) in [4.78, 5) is 10.7. The van der Waals surface area contributed by atoms with Crippen molar-refractivity contribution in [2.24, 2.45) is 0 Å². The average Bonchev–Trinajstić information content (AvgIpc) is 2.26. The number of methoxy groups -OCH3 is 1. The number of hydrogen-bond donors (Lipinski definition) is 2. The summed E-state index contributed by atoms with van der Waals surface area (Å²) < 4.78 is 40.7. The van der Waals surface area contributed by atoms with Crippen molar-refractivity contribution in [1.29, 1.82) is 0 Å². The van der Waals surface area contributed by atoms with Gasteiger partial charge in [0.05, 0.1) is 13.7 Å². The molecule has 0 aromatic carbocycles. The smallest absolute Gasteiger partial charge is 0.421 e. The number of carbonyl (C=O) groups is 1. The summed E-state index contributed by atoms with van der Waals surface area (Å²) in [6, 6.07) is 0. The highest BCUT2D eigenvalue weighted by Crippen LogP contribution is 1.94. The molecule has 0 aliphatic heterocycles. The summed E-state index contributed by atoms with van der Waals surface area (Å²) >= 11 is 0. The molecular weight excluding hydrogens is 252 g/mol. The van der Waals surface area contributed by atoms with Crippen LogP contribution in [0.2, 0.25) is 0 Å². The van der Waals surface area contributed by atoms with Crippen LogP contribution in [0.4, 0.5) is 4.79 Å². The standard InChI is InChI=1S/C8H18N2O6S/c1-4-15-7(16-5-2)6-9-17(12,13)10-8(11)14-3/h7,9H,4-6H2,1-3H3,(H,10,11). The normalized spacial score (nSPS) is 11.5. The fourth-order valence-electron chi connectivity index (χ4n) is 0.903. The van der Waals surface area contributed by atoms with Crippen LogP contribution in [-0.4, -0.2) is 47.7 Å². The van der Waals surface area contributed by atoms with Crippen LogP contribution in [0.5, 0.6) is 0 Å². The van der Waals surface area contributed by atoms with Gasteiger partial charge in [0, 0.05) is 13.2 Å². The second kappa shape index (κ2) is 8.23. The second-order valence-electron chi connectivity index (χ2n) is 2.79. The summed E-state index contributed by atoms with van der Waals surface area (Å²) in [5, 5.41) is 0. The molecular formula is C8H18N2O6S. The van der Waals surface area contributed by atoms with Gasteiger partial charge in [-0.1, -0.05) is 0 Å². The zero-order chi connectivity index (χ0) is 13.3. The first kappa shape index (κ1) is 16.1. The van der Waals surface area contributed by atoms with Gasteiger partial charge in [-0.15, -0.1) is 0 Å². The summed E-state index contributed by atoms with van der Waals surface area (Å²) in [6.45, 7) is 4.18. The van der Waals surface area contributed by atoms with Gasteiger partial charge in [0.25, 0.3) is 0 Å². The molecule has 0 heterocycles. The molecule has 0 aromatic heterocycles. The van der Waals surface area contributed by atoms with E-state index in [1.807, 2.05) is 0 Å². The molecule has 17 heavy (non-hydrogen) atoms. The molecule has 8 nitrogen and oxygen atoms in total. The SMILES string of the molecule is CCOC(CNS(=O)(=O)NC(=O)OC)OCC. The van der Waals surface area contributed by atoms with E-state index in [1.165, 1.54) is 0 Å². The van der Waals surface area contributed by atoms with E-state index in [1.54, 1.807) is 18.6 Å². The lowest BCUT2D eigenvalue weighted by atomic mass is 10.6. The Morgan fingerprint density at radius 1 is 1.24 bits per heavy atom. The summed E-state index contributed by atoms with van der Waals surface area (Å²) in [6.07, 6.45) is -1.76. The molecule has 0 fully saturated rings. The predicted octanol–water partition coefficient (Wildman–Crippen LogP) is -0.424. The minimum absolute atomic E-state index is 0.103. The molecule has 102 valence electrons. The van der Waals surface area contributed by atoms with E-state index >= 15 is 0 Å². The van der Waals surface area contributed by atoms with Crippen LogP contribution >= 0.6 is 0 Å². The van der Waals surface area contributed by atoms with Crippen molar-refractivity contribution in [3.8, 4) is 0 Å². The highest BCUT2D eigenvalue weighted by molar-refractivity contribution is 7.88. The van der Waals surface area contributed by atoms with Crippen molar-refractivity contribution in [2.45, 2.75) is 20.1 Å². The van der Waals surface area contributed by atoms with E-state index in [4.69, 9.17) is 9.47 Å². The van der Waals surface area contributed by atoms with Crippen LogP contribution in [0.1, 0.15) is 13.8 Å². The van der Waals surface area contributed by atoms with E-state index in [0.717, 1.165) is 7.11 Å². The third-order valence-electron chi connectivity index (χ3n) is 1.55. The van der Waals surface area contributed by atoms with Crippen LogP contribution in [0, 0.1) is 0 Å². The van der Waals surface area contributed by atoms with Crippen molar-refractivity contribution in [3.05, 3.63) is 0 Å². The molecule has 9 heteroatoms. The van der Waals surface area contributed by atoms with Gasteiger partial charge in [0.15, 0.2) is 6.29 Å². The maximum absolute atomic E-state index is 11.3. The van der Waals surface area contributed by atoms with E-state index in [9.17, 15) is 13.2 Å². The zero-order valence-corrected chi connectivity index (χ0v) is 10.9. The molecule has 0 aromatic rings. The Balaban J connectivity index is 4.17. The Labute approximate surface area is 101 Å². The van der Waals surface area contributed by atoms with E-state index in [0.29, 0.717) is 13.2 Å². The summed E-state index contributed by atoms with van der Waals surface area (Å²) in [5.41, 5.74) is 0. The van der Waals surface area contributed by atoms with Gasteiger partial charge in [0.2, 0.25) is 0 Å². The zero-order valence-electron chi connectivity index (χ0n) is 10.1. The van der Waals surface area contributed by atoms with Gasteiger partial charge in [-0.3, -0.25) is 0 Å². The van der Waals surface area contributed by atoms with Crippen LogP contribution < -0.4 is 9.44 Å². The van der Waals surface area contributed by atoms with Gasteiger partial charge in [-0.2, -0.15) is 13.1 Å². The van der Waals surface area contributed by atoms with Gasteiger partial charge >= 0.3 is 16.3 Å². The molecule has 0 unspecified atom stereocenters. The Morgan fingerprint density at radius 3 is 2.18 bits per heavy atom. The molecule has 0 atom stereocenters. The fraction of sp³-hybridized carbons (Fsp3) is 0.875. The lowest BCUT2D eigenvalue weighted by Gasteiger charge is -2.17. The number of amides is 1. The number of nitrogens with one attached hydrogen (secondary N) is 2. The molecule has 0 saturated heterocycles. The molecule has 2 N–H and O–H groups in total. The molecule has 0 aliphatic rings. The van der Waals surface area contributed by atoms with Gasteiger partial charge < -0.3 is 14.2 Å². The average molecular weight is 270 g/mol. The Bertz CT molecular complexity index is 312. The largest absolute Gasteiger partial charge is 0.452 e. The maximum Gasteiger partial charge on any atom is 0.421 e. The van der Waals surface area contributed by atoms with E-state index < -0.39 is 22.6 Å². The number of carbonyl (C=O) groups excluding carboxylic acids is 1. The maximum atomic E-state index is 11.3. The van der Waals surface area contributed by atoms with Crippen molar-refractivity contribution in [1.82, 2.24) is 9.44 Å². The lowest BCUT2D eigenvalue weighted by Crippen LogP contribution is -2.44. The quantitative estimate of drug-likeness (QED) is 0.580. The fourth-order valence-corrected chi connectivity index (χ4v) is 1.63.